The minimum absolute atomic E-state index is 0.0989. The summed E-state index contributed by atoms with van der Waals surface area (Å²) in [5, 5.41) is 10.3. The number of carbonyl (C=O) groups is 1. The Kier molecular flexibility index (Phi) is 5.02. The number of ether oxygens (including phenoxy) is 1. The van der Waals surface area contributed by atoms with Crippen LogP contribution in [-0.2, 0) is 4.79 Å². The van der Waals surface area contributed by atoms with E-state index in [9.17, 15) is 9.90 Å². The smallest absolute Gasteiger partial charge is 0.246 e. The summed E-state index contributed by atoms with van der Waals surface area (Å²) in [6.07, 6.45) is 6.94. The van der Waals surface area contributed by atoms with Gasteiger partial charge in [-0.05, 0) is 36.6 Å². The first-order valence-electron chi connectivity index (χ1n) is 7.32. The van der Waals surface area contributed by atoms with Crippen molar-refractivity contribution in [1.29, 1.82) is 0 Å². The number of hydrogen-bond acceptors (Lipinski definition) is 3. The molecule has 1 aromatic rings. The van der Waals surface area contributed by atoms with Crippen LogP contribution in [0.4, 0.5) is 0 Å². The Labute approximate surface area is 126 Å². The summed E-state index contributed by atoms with van der Waals surface area (Å²) < 4.78 is 5.15. The molecular formula is C17H23NO3. The minimum atomic E-state index is -0.700. The Morgan fingerprint density at radius 1 is 1.43 bits per heavy atom. The summed E-state index contributed by atoms with van der Waals surface area (Å²) in [4.78, 5) is 13.7. The van der Waals surface area contributed by atoms with E-state index in [0.717, 1.165) is 37.0 Å². The lowest BCUT2D eigenvalue weighted by Crippen LogP contribution is -2.41. The number of likely N-dealkylation sites (N-methyl/N-ethyl adjacent to an activating group) is 1. The van der Waals surface area contributed by atoms with Gasteiger partial charge in [0.05, 0.1) is 12.7 Å². The van der Waals surface area contributed by atoms with Crippen molar-refractivity contribution >= 4 is 12.0 Å². The second-order valence-corrected chi connectivity index (χ2v) is 5.74. The summed E-state index contributed by atoms with van der Waals surface area (Å²) in [6.45, 7) is 0.397. The summed E-state index contributed by atoms with van der Waals surface area (Å²) in [7, 11) is 3.35. The maximum atomic E-state index is 12.1. The molecule has 4 nitrogen and oxygen atoms in total. The zero-order chi connectivity index (χ0) is 15.3. The summed E-state index contributed by atoms with van der Waals surface area (Å²) >= 11 is 0. The first-order chi connectivity index (χ1) is 10.0. The molecule has 4 heteroatoms. The molecule has 0 heterocycles. The Morgan fingerprint density at radius 3 is 2.81 bits per heavy atom. The number of amides is 1. The van der Waals surface area contributed by atoms with Crippen LogP contribution in [0.3, 0.4) is 0 Å². The topological polar surface area (TPSA) is 49.8 Å². The number of methoxy groups -OCH3 is 1. The van der Waals surface area contributed by atoms with E-state index in [-0.39, 0.29) is 5.91 Å². The molecule has 1 N–H and O–H groups in total. The Hall–Kier alpha value is -1.81. The van der Waals surface area contributed by atoms with Crippen molar-refractivity contribution in [3.05, 3.63) is 35.9 Å². The van der Waals surface area contributed by atoms with Crippen LogP contribution < -0.4 is 4.74 Å². The zero-order valence-electron chi connectivity index (χ0n) is 12.7. The van der Waals surface area contributed by atoms with Crippen molar-refractivity contribution in [3.8, 4) is 5.75 Å². The molecule has 2 rings (SSSR count). The molecule has 1 aromatic carbocycles. The molecule has 0 atom stereocenters. The van der Waals surface area contributed by atoms with Gasteiger partial charge in [-0.1, -0.05) is 25.0 Å². The van der Waals surface area contributed by atoms with Gasteiger partial charge < -0.3 is 14.7 Å². The highest BCUT2D eigenvalue weighted by Crippen LogP contribution is 2.29. The molecule has 1 saturated carbocycles. The molecular weight excluding hydrogens is 266 g/mol. The largest absolute Gasteiger partial charge is 0.497 e. The van der Waals surface area contributed by atoms with Crippen molar-refractivity contribution in [2.75, 3.05) is 20.7 Å². The number of benzene rings is 1. The second-order valence-electron chi connectivity index (χ2n) is 5.74. The summed E-state index contributed by atoms with van der Waals surface area (Å²) in [6, 6.07) is 7.53. The molecule has 0 aromatic heterocycles. The van der Waals surface area contributed by atoms with Crippen LogP contribution in [0, 0.1) is 0 Å². The Bertz CT molecular complexity index is 519. The standard InChI is InChI=1S/C17H23NO3/c1-18(13-17(20)10-3-4-11-17)16(19)9-8-14-6-5-7-15(12-14)21-2/h5-9,12,20H,3-4,10-11,13H2,1-2H3/b9-8+. The van der Waals surface area contributed by atoms with Crippen LogP contribution in [0.25, 0.3) is 6.08 Å². The highest BCUT2D eigenvalue weighted by Gasteiger charge is 2.32. The number of hydrogen-bond donors (Lipinski definition) is 1. The van der Waals surface area contributed by atoms with Crippen LogP contribution in [0.1, 0.15) is 31.2 Å². The van der Waals surface area contributed by atoms with Crippen molar-refractivity contribution in [2.24, 2.45) is 0 Å². The summed E-state index contributed by atoms with van der Waals surface area (Å²) in [5.41, 5.74) is 0.212. The quantitative estimate of drug-likeness (QED) is 0.847. The van der Waals surface area contributed by atoms with Crippen LogP contribution in [0.2, 0.25) is 0 Å². The van der Waals surface area contributed by atoms with Crippen LogP contribution in [0.15, 0.2) is 30.3 Å². The molecule has 0 bridgehead atoms. The van der Waals surface area contributed by atoms with Gasteiger partial charge in [-0.15, -0.1) is 0 Å². The van der Waals surface area contributed by atoms with Crippen molar-refractivity contribution in [2.45, 2.75) is 31.3 Å². The Morgan fingerprint density at radius 2 is 2.14 bits per heavy atom. The van der Waals surface area contributed by atoms with Gasteiger partial charge in [-0.3, -0.25) is 4.79 Å². The van der Waals surface area contributed by atoms with E-state index >= 15 is 0 Å². The number of carbonyl (C=O) groups excluding carboxylic acids is 1. The van der Waals surface area contributed by atoms with Gasteiger partial charge in [0.1, 0.15) is 5.75 Å². The highest BCUT2D eigenvalue weighted by molar-refractivity contribution is 5.91. The number of aliphatic hydroxyl groups is 1. The molecule has 0 spiro atoms. The maximum absolute atomic E-state index is 12.1. The SMILES string of the molecule is COc1cccc(/C=C/C(=O)N(C)CC2(O)CCCC2)c1. The lowest BCUT2D eigenvalue weighted by molar-refractivity contribution is -0.127. The van der Waals surface area contributed by atoms with Gasteiger partial charge >= 0.3 is 0 Å². The fourth-order valence-corrected chi connectivity index (χ4v) is 2.75. The van der Waals surface area contributed by atoms with Crippen molar-refractivity contribution in [3.63, 3.8) is 0 Å². The number of rotatable bonds is 5. The normalized spacial score (nSPS) is 17.1. The lowest BCUT2D eigenvalue weighted by Gasteiger charge is -2.27. The molecule has 1 amide bonds. The fraction of sp³-hybridized carbons (Fsp3) is 0.471. The summed E-state index contributed by atoms with van der Waals surface area (Å²) in [5.74, 6) is 0.663. The van der Waals surface area contributed by atoms with Crippen LogP contribution in [-0.4, -0.2) is 42.2 Å². The van der Waals surface area contributed by atoms with Gasteiger partial charge in [0.25, 0.3) is 0 Å². The molecule has 0 saturated heterocycles. The molecule has 0 aliphatic heterocycles. The van der Waals surface area contributed by atoms with Crippen LogP contribution in [0.5, 0.6) is 5.75 Å². The van der Waals surface area contributed by atoms with Gasteiger partial charge in [-0.25, -0.2) is 0 Å². The molecule has 0 radical (unpaired) electrons. The van der Waals surface area contributed by atoms with E-state index in [1.54, 1.807) is 25.1 Å². The third-order valence-electron chi connectivity index (χ3n) is 3.95. The van der Waals surface area contributed by atoms with Crippen molar-refractivity contribution < 1.29 is 14.6 Å². The van der Waals surface area contributed by atoms with E-state index in [2.05, 4.69) is 0 Å². The molecule has 114 valence electrons. The number of nitrogens with zero attached hydrogens (tertiary/aromatic N) is 1. The molecule has 1 fully saturated rings. The molecule has 1 aliphatic rings. The van der Waals surface area contributed by atoms with Gasteiger partial charge in [0.2, 0.25) is 5.91 Å². The average molecular weight is 289 g/mol. The lowest BCUT2D eigenvalue weighted by atomic mass is 10.0. The first kappa shape index (κ1) is 15.6. The molecule has 0 unspecified atom stereocenters. The predicted octanol–water partition coefficient (Wildman–Crippen LogP) is 2.47. The van der Waals surface area contributed by atoms with Crippen LogP contribution >= 0.6 is 0 Å². The minimum Gasteiger partial charge on any atom is -0.497 e. The maximum Gasteiger partial charge on any atom is 0.246 e. The third kappa shape index (κ3) is 4.33. The van der Waals surface area contributed by atoms with Gasteiger partial charge in [-0.2, -0.15) is 0 Å². The zero-order valence-corrected chi connectivity index (χ0v) is 12.7. The van der Waals surface area contributed by atoms with E-state index in [1.807, 2.05) is 24.3 Å². The monoisotopic (exact) mass is 289 g/mol. The van der Waals surface area contributed by atoms with E-state index < -0.39 is 5.60 Å². The Balaban J connectivity index is 1.94. The van der Waals surface area contributed by atoms with E-state index in [4.69, 9.17) is 4.74 Å². The highest BCUT2D eigenvalue weighted by atomic mass is 16.5. The predicted molar refractivity (Wildman–Crippen MR) is 83.1 cm³/mol. The average Bonchev–Trinajstić information content (AvgIpc) is 2.91. The van der Waals surface area contributed by atoms with E-state index in [1.165, 1.54) is 6.08 Å². The van der Waals surface area contributed by atoms with Gasteiger partial charge in [0.15, 0.2) is 0 Å². The van der Waals surface area contributed by atoms with E-state index in [0.29, 0.717) is 6.54 Å². The van der Waals surface area contributed by atoms with Crippen molar-refractivity contribution in [1.82, 2.24) is 4.90 Å². The van der Waals surface area contributed by atoms with Gasteiger partial charge in [0, 0.05) is 19.7 Å². The third-order valence-corrected chi connectivity index (χ3v) is 3.95. The first-order valence-corrected chi connectivity index (χ1v) is 7.32. The fourth-order valence-electron chi connectivity index (χ4n) is 2.75. The second kappa shape index (κ2) is 6.76. The molecule has 1 aliphatic carbocycles. The molecule has 21 heavy (non-hydrogen) atoms.